The lowest BCUT2D eigenvalue weighted by Crippen LogP contribution is -2.40. The number of hydrazine groups is 1. The molecule has 0 aliphatic rings. The molecule has 0 unspecified atom stereocenters. The van der Waals surface area contributed by atoms with Crippen LogP contribution in [0.5, 0.6) is 0 Å². The van der Waals surface area contributed by atoms with E-state index in [4.69, 9.17) is 0 Å². The summed E-state index contributed by atoms with van der Waals surface area (Å²) in [5.41, 5.74) is 0. The van der Waals surface area contributed by atoms with Gasteiger partial charge in [0.25, 0.3) is 0 Å². The van der Waals surface area contributed by atoms with Crippen LogP contribution in [0.3, 0.4) is 0 Å². The molecule has 12 heavy (non-hydrogen) atoms. The second kappa shape index (κ2) is 7.56. The molecule has 0 aliphatic carbocycles. The molecule has 0 aromatic heterocycles. The number of nitrogens with zero attached hydrogens (tertiary/aromatic N) is 2. The van der Waals surface area contributed by atoms with Gasteiger partial charge in [-0.15, -0.1) is 0 Å². The highest BCUT2D eigenvalue weighted by atomic mass is 15.6. The number of hydrogen-bond acceptors (Lipinski definition) is 2. The molecule has 0 saturated carbocycles. The van der Waals surface area contributed by atoms with E-state index in [9.17, 15) is 0 Å². The third-order valence-electron chi connectivity index (χ3n) is 2.16. The predicted octanol–water partition coefficient (Wildman–Crippen LogP) is 2.37. The molecule has 0 heterocycles. The molecule has 74 valence electrons. The van der Waals surface area contributed by atoms with Crippen LogP contribution in [0.15, 0.2) is 0 Å². The maximum Gasteiger partial charge on any atom is 0.0133 e. The maximum absolute atomic E-state index is 2.42. The van der Waals surface area contributed by atoms with E-state index in [1.165, 1.54) is 32.4 Å². The highest BCUT2D eigenvalue weighted by Gasteiger charge is 2.05. The van der Waals surface area contributed by atoms with Crippen molar-refractivity contribution in [1.29, 1.82) is 0 Å². The molecule has 0 saturated heterocycles. The van der Waals surface area contributed by atoms with Gasteiger partial charge >= 0.3 is 0 Å². The van der Waals surface area contributed by atoms with Crippen LogP contribution in [-0.4, -0.2) is 36.7 Å². The van der Waals surface area contributed by atoms with E-state index in [-0.39, 0.29) is 0 Å². The Morgan fingerprint density at radius 1 is 0.917 bits per heavy atom. The van der Waals surface area contributed by atoms with Crippen LogP contribution >= 0.6 is 0 Å². The molecular weight excluding hydrogens is 148 g/mol. The van der Waals surface area contributed by atoms with Crippen LogP contribution in [0.4, 0.5) is 0 Å². The van der Waals surface area contributed by atoms with Crippen LogP contribution in [0, 0.1) is 0 Å². The summed E-state index contributed by atoms with van der Waals surface area (Å²) >= 11 is 0. The van der Waals surface area contributed by atoms with Crippen molar-refractivity contribution >= 4 is 0 Å². The molecule has 0 aromatic carbocycles. The lowest BCUT2D eigenvalue weighted by atomic mass is 10.3. The fourth-order valence-electron chi connectivity index (χ4n) is 1.38. The van der Waals surface area contributed by atoms with E-state index < -0.39 is 0 Å². The van der Waals surface area contributed by atoms with Gasteiger partial charge in [0.15, 0.2) is 0 Å². The van der Waals surface area contributed by atoms with Crippen molar-refractivity contribution in [3.05, 3.63) is 0 Å². The van der Waals surface area contributed by atoms with E-state index >= 15 is 0 Å². The summed E-state index contributed by atoms with van der Waals surface area (Å²) in [6, 6.07) is 0. The minimum Gasteiger partial charge on any atom is -0.245 e. The summed E-state index contributed by atoms with van der Waals surface area (Å²) in [6.45, 7) is 10.2. The average molecular weight is 172 g/mol. The Morgan fingerprint density at radius 3 is 2.00 bits per heavy atom. The smallest absolute Gasteiger partial charge is 0.0133 e. The molecular formula is C10H24N2. The monoisotopic (exact) mass is 172 g/mol. The summed E-state index contributed by atoms with van der Waals surface area (Å²) in [4.78, 5) is 0. The first-order chi connectivity index (χ1) is 5.76. The van der Waals surface area contributed by atoms with Crippen LogP contribution in [0.2, 0.25) is 0 Å². The van der Waals surface area contributed by atoms with Gasteiger partial charge in [-0.25, -0.2) is 10.0 Å². The zero-order valence-corrected chi connectivity index (χ0v) is 9.14. The van der Waals surface area contributed by atoms with Gasteiger partial charge in [0.05, 0.1) is 0 Å². The van der Waals surface area contributed by atoms with Crippen molar-refractivity contribution in [3.8, 4) is 0 Å². The molecule has 0 rings (SSSR count). The average Bonchev–Trinajstić information content (AvgIpc) is 2.06. The zero-order chi connectivity index (χ0) is 9.40. The molecule has 0 atom stereocenters. The highest BCUT2D eigenvalue weighted by molar-refractivity contribution is 4.51. The Hall–Kier alpha value is -0.0800. The molecule has 0 aromatic rings. The van der Waals surface area contributed by atoms with Gasteiger partial charge in [0.1, 0.15) is 0 Å². The van der Waals surface area contributed by atoms with Crippen LogP contribution in [-0.2, 0) is 0 Å². The van der Waals surface area contributed by atoms with E-state index in [1.54, 1.807) is 0 Å². The van der Waals surface area contributed by atoms with Crippen molar-refractivity contribution in [1.82, 2.24) is 10.0 Å². The van der Waals surface area contributed by atoms with Gasteiger partial charge in [0.2, 0.25) is 0 Å². The summed E-state index contributed by atoms with van der Waals surface area (Å²) < 4.78 is 0. The third kappa shape index (κ3) is 4.73. The van der Waals surface area contributed by atoms with Gasteiger partial charge in [-0.3, -0.25) is 0 Å². The zero-order valence-electron chi connectivity index (χ0n) is 9.14. The second-order valence-electron chi connectivity index (χ2n) is 3.28. The van der Waals surface area contributed by atoms with Gasteiger partial charge < -0.3 is 0 Å². The lowest BCUT2D eigenvalue weighted by molar-refractivity contribution is 0.00364. The van der Waals surface area contributed by atoms with Crippen molar-refractivity contribution in [2.75, 3.05) is 26.7 Å². The van der Waals surface area contributed by atoms with Crippen molar-refractivity contribution in [2.45, 2.75) is 40.0 Å². The summed E-state index contributed by atoms with van der Waals surface area (Å²) in [7, 11) is 2.18. The summed E-state index contributed by atoms with van der Waals surface area (Å²) in [5, 5.41) is 4.77. The van der Waals surface area contributed by atoms with Crippen LogP contribution in [0.1, 0.15) is 40.0 Å². The second-order valence-corrected chi connectivity index (χ2v) is 3.28. The molecule has 2 heteroatoms. The van der Waals surface area contributed by atoms with Gasteiger partial charge in [-0.05, 0) is 12.8 Å². The molecule has 0 bridgehead atoms. The van der Waals surface area contributed by atoms with Gasteiger partial charge in [-0.2, -0.15) is 0 Å². The number of rotatable bonds is 7. The van der Waals surface area contributed by atoms with E-state index in [0.717, 1.165) is 6.54 Å². The number of hydrogen-bond donors (Lipinski definition) is 0. The minimum atomic E-state index is 1.14. The van der Waals surface area contributed by atoms with Crippen LogP contribution in [0.25, 0.3) is 0 Å². The summed E-state index contributed by atoms with van der Waals surface area (Å²) in [6.07, 6.45) is 3.83. The standard InChI is InChI=1S/C10H24N2/c1-5-8-10-12(7-3)11(4)9-6-2/h5-10H2,1-4H3. The minimum absolute atomic E-state index is 1.14. The highest BCUT2D eigenvalue weighted by Crippen LogP contribution is 1.99. The van der Waals surface area contributed by atoms with Crippen molar-refractivity contribution in [3.63, 3.8) is 0 Å². The molecule has 0 radical (unpaired) electrons. The molecule has 0 aliphatic heterocycles. The van der Waals surface area contributed by atoms with Crippen LogP contribution < -0.4 is 0 Å². The Balaban J connectivity index is 3.62. The Bertz CT molecular complexity index is 93.8. The van der Waals surface area contributed by atoms with Gasteiger partial charge in [-0.1, -0.05) is 27.2 Å². The Morgan fingerprint density at radius 2 is 1.58 bits per heavy atom. The first-order valence-electron chi connectivity index (χ1n) is 5.22. The maximum atomic E-state index is 2.42. The first kappa shape index (κ1) is 11.9. The normalized spacial score (nSPS) is 11.5. The largest absolute Gasteiger partial charge is 0.245 e. The van der Waals surface area contributed by atoms with Crippen molar-refractivity contribution < 1.29 is 0 Å². The number of unbranched alkanes of at least 4 members (excludes halogenated alkanes) is 1. The molecule has 0 fully saturated rings. The van der Waals surface area contributed by atoms with Crippen molar-refractivity contribution in [2.24, 2.45) is 0 Å². The van der Waals surface area contributed by atoms with Gasteiger partial charge in [0, 0.05) is 26.7 Å². The summed E-state index contributed by atoms with van der Waals surface area (Å²) in [5.74, 6) is 0. The predicted molar refractivity (Wildman–Crippen MR) is 55.1 cm³/mol. The molecule has 2 nitrogen and oxygen atoms in total. The Labute approximate surface area is 77.5 Å². The SMILES string of the molecule is CCCCN(CC)N(C)CCC. The fraction of sp³-hybridized carbons (Fsp3) is 1.00. The fourth-order valence-corrected chi connectivity index (χ4v) is 1.38. The first-order valence-corrected chi connectivity index (χ1v) is 5.22. The van der Waals surface area contributed by atoms with E-state index in [1.807, 2.05) is 0 Å². The molecule has 0 amide bonds. The quantitative estimate of drug-likeness (QED) is 0.544. The molecule has 0 spiro atoms. The van der Waals surface area contributed by atoms with E-state index in [2.05, 4.69) is 37.8 Å². The molecule has 0 N–H and O–H groups in total. The lowest BCUT2D eigenvalue weighted by Gasteiger charge is -2.30. The third-order valence-corrected chi connectivity index (χ3v) is 2.16. The topological polar surface area (TPSA) is 6.48 Å². The van der Waals surface area contributed by atoms with E-state index in [0.29, 0.717) is 0 Å². The Kier molecular flexibility index (Phi) is 7.51.